The van der Waals surface area contributed by atoms with Gasteiger partial charge in [-0.25, -0.2) is 4.79 Å². The summed E-state index contributed by atoms with van der Waals surface area (Å²) >= 11 is 0. The maximum absolute atomic E-state index is 11.5. The molecule has 0 aliphatic carbocycles. The lowest BCUT2D eigenvalue weighted by Gasteiger charge is -2.26. The molecule has 4 heteroatoms. The number of rotatable bonds is 5. The summed E-state index contributed by atoms with van der Waals surface area (Å²) in [7, 11) is 0. The van der Waals surface area contributed by atoms with E-state index < -0.39 is 0 Å². The second kappa shape index (κ2) is 7.51. The van der Waals surface area contributed by atoms with E-state index in [1.807, 2.05) is 0 Å². The van der Waals surface area contributed by atoms with E-state index >= 15 is 0 Å². The standard InChI is InChI=1S/C11H22N2O2/c1-2-3-4-5-10-15-11(14)13-8-6-12-7-9-13/h12H,2-10H2,1H3. The van der Waals surface area contributed by atoms with Gasteiger partial charge in [-0.2, -0.15) is 0 Å². The van der Waals surface area contributed by atoms with Gasteiger partial charge in [0.05, 0.1) is 6.61 Å². The van der Waals surface area contributed by atoms with Gasteiger partial charge in [0.2, 0.25) is 0 Å². The Morgan fingerprint density at radius 3 is 2.67 bits per heavy atom. The summed E-state index contributed by atoms with van der Waals surface area (Å²) in [6.07, 6.45) is 4.45. The number of nitrogens with one attached hydrogen (secondary N) is 1. The van der Waals surface area contributed by atoms with Crippen LogP contribution in [0.2, 0.25) is 0 Å². The predicted molar refractivity (Wildman–Crippen MR) is 59.9 cm³/mol. The van der Waals surface area contributed by atoms with Crippen LogP contribution in [-0.2, 0) is 4.74 Å². The van der Waals surface area contributed by atoms with Crippen molar-refractivity contribution in [2.24, 2.45) is 0 Å². The third-order valence-electron chi connectivity index (χ3n) is 2.60. The SMILES string of the molecule is CCCCCCOC(=O)N1CCNCC1. The Labute approximate surface area is 92.0 Å². The van der Waals surface area contributed by atoms with Crippen LogP contribution in [0.5, 0.6) is 0 Å². The second-order valence-corrected chi connectivity index (χ2v) is 3.91. The monoisotopic (exact) mass is 214 g/mol. The van der Waals surface area contributed by atoms with E-state index in [-0.39, 0.29) is 6.09 Å². The number of hydrogen-bond acceptors (Lipinski definition) is 3. The first kappa shape index (κ1) is 12.3. The molecule has 1 N–H and O–H groups in total. The van der Waals surface area contributed by atoms with Crippen molar-refractivity contribution < 1.29 is 9.53 Å². The minimum Gasteiger partial charge on any atom is -0.449 e. The van der Waals surface area contributed by atoms with Gasteiger partial charge in [0, 0.05) is 26.2 Å². The van der Waals surface area contributed by atoms with Gasteiger partial charge < -0.3 is 15.0 Å². The quantitative estimate of drug-likeness (QED) is 0.707. The van der Waals surface area contributed by atoms with Gasteiger partial charge in [-0.15, -0.1) is 0 Å². The highest BCUT2D eigenvalue weighted by Crippen LogP contribution is 2.01. The van der Waals surface area contributed by atoms with Crippen molar-refractivity contribution >= 4 is 6.09 Å². The average Bonchev–Trinajstić information content (AvgIpc) is 2.30. The molecule has 0 aromatic carbocycles. The Morgan fingerprint density at radius 1 is 1.27 bits per heavy atom. The maximum Gasteiger partial charge on any atom is 0.409 e. The molecule has 1 rings (SSSR count). The molecular formula is C11H22N2O2. The van der Waals surface area contributed by atoms with Crippen LogP contribution in [0, 0.1) is 0 Å². The first-order chi connectivity index (χ1) is 7.34. The highest BCUT2D eigenvalue weighted by Gasteiger charge is 2.16. The van der Waals surface area contributed by atoms with Crippen LogP contribution in [0.4, 0.5) is 4.79 Å². The summed E-state index contributed by atoms with van der Waals surface area (Å²) in [5.41, 5.74) is 0. The van der Waals surface area contributed by atoms with Crippen LogP contribution in [0.1, 0.15) is 32.6 Å². The van der Waals surface area contributed by atoms with Crippen LogP contribution in [-0.4, -0.2) is 43.8 Å². The molecule has 0 bridgehead atoms. The van der Waals surface area contributed by atoms with E-state index in [1.165, 1.54) is 12.8 Å². The summed E-state index contributed by atoms with van der Waals surface area (Å²) in [5.74, 6) is 0. The van der Waals surface area contributed by atoms with Crippen LogP contribution < -0.4 is 5.32 Å². The average molecular weight is 214 g/mol. The number of piperazine rings is 1. The van der Waals surface area contributed by atoms with Crippen molar-refractivity contribution in [2.75, 3.05) is 32.8 Å². The van der Waals surface area contributed by atoms with Gasteiger partial charge in [0.1, 0.15) is 0 Å². The molecule has 0 spiro atoms. The Kier molecular flexibility index (Phi) is 6.16. The maximum atomic E-state index is 11.5. The lowest BCUT2D eigenvalue weighted by molar-refractivity contribution is 0.0961. The van der Waals surface area contributed by atoms with Crippen molar-refractivity contribution in [1.82, 2.24) is 10.2 Å². The van der Waals surface area contributed by atoms with Gasteiger partial charge in [-0.1, -0.05) is 26.2 Å². The number of ether oxygens (including phenoxy) is 1. The van der Waals surface area contributed by atoms with Gasteiger partial charge in [-0.05, 0) is 6.42 Å². The number of carbonyl (C=O) groups excluding carboxylic acids is 1. The van der Waals surface area contributed by atoms with Crippen molar-refractivity contribution in [3.63, 3.8) is 0 Å². The molecule has 0 radical (unpaired) electrons. The first-order valence-electron chi connectivity index (χ1n) is 5.97. The highest BCUT2D eigenvalue weighted by molar-refractivity contribution is 5.67. The number of nitrogens with zero attached hydrogens (tertiary/aromatic N) is 1. The number of unbranched alkanes of at least 4 members (excludes halogenated alkanes) is 3. The van der Waals surface area contributed by atoms with E-state index in [4.69, 9.17) is 4.74 Å². The molecule has 1 amide bonds. The van der Waals surface area contributed by atoms with Crippen LogP contribution in [0.3, 0.4) is 0 Å². The molecule has 0 atom stereocenters. The number of carbonyl (C=O) groups is 1. The topological polar surface area (TPSA) is 41.6 Å². The lowest BCUT2D eigenvalue weighted by atomic mass is 10.2. The Bertz CT molecular complexity index is 179. The third-order valence-corrected chi connectivity index (χ3v) is 2.60. The summed E-state index contributed by atoms with van der Waals surface area (Å²) in [6, 6.07) is 0. The van der Waals surface area contributed by atoms with Crippen molar-refractivity contribution in [3.8, 4) is 0 Å². The molecule has 15 heavy (non-hydrogen) atoms. The molecule has 1 saturated heterocycles. The largest absolute Gasteiger partial charge is 0.449 e. The zero-order valence-corrected chi connectivity index (χ0v) is 9.63. The Balaban J connectivity index is 2.02. The zero-order chi connectivity index (χ0) is 10.9. The van der Waals surface area contributed by atoms with E-state index in [9.17, 15) is 4.79 Å². The second-order valence-electron chi connectivity index (χ2n) is 3.91. The molecule has 0 saturated carbocycles. The lowest BCUT2D eigenvalue weighted by Crippen LogP contribution is -2.46. The fourth-order valence-electron chi connectivity index (χ4n) is 1.63. The van der Waals surface area contributed by atoms with Crippen LogP contribution in [0.15, 0.2) is 0 Å². The zero-order valence-electron chi connectivity index (χ0n) is 9.63. The summed E-state index contributed by atoms with van der Waals surface area (Å²) in [6.45, 7) is 6.05. The molecule has 1 aliphatic rings. The molecule has 0 unspecified atom stereocenters. The molecule has 1 fully saturated rings. The van der Waals surface area contributed by atoms with Gasteiger partial charge in [0.25, 0.3) is 0 Å². The van der Waals surface area contributed by atoms with Crippen LogP contribution in [0.25, 0.3) is 0 Å². The van der Waals surface area contributed by atoms with Crippen molar-refractivity contribution in [3.05, 3.63) is 0 Å². The fourth-order valence-corrected chi connectivity index (χ4v) is 1.63. The van der Waals surface area contributed by atoms with E-state index in [2.05, 4.69) is 12.2 Å². The summed E-state index contributed by atoms with van der Waals surface area (Å²) in [4.78, 5) is 13.3. The normalized spacial score (nSPS) is 16.5. The molecule has 4 nitrogen and oxygen atoms in total. The Hall–Kier alpha value is -0.770. The summed E-state index contributed by atoms with van der Waals surface area (Å²) in [5, 5.41) is 3.20. The third kappa shape index (κ3) is 5.02. The number of hydrogen-bond donors (Lipinski definition) is 1. The van der Waals surface area contributed by atoms with E-state index in [0.29, 0.717) is 6.61 Å². The first-order valence-corrected chi connectivity index (χ1v) is 5.97. The molecular weight excluding hydrogens is 192 g/mol. The minimum absolute atomic E-state index is 0.145. The van der Waals surface area contributed by atoms with Gasteiger partial charge >= 0.3 is 6.09 Å². The number of amides is 1. The fraction of sp³-hybridized carbons (Fsp3) is 0.909. The summed E-state index contributed by atoms with van der Waals surface area (Å²) < 4.78 is 5.19. The van der Waals surface area contributed by atoms with E-state index in [0.717, 1.165) is 39.0 Å². The van der Waals surface area contributed by atoms with Crippen LogP contribution >= 0.6 is 0 Å². The molecule has 88 valence electrons. The van der Waals surface area contributed by atoms with E-state index in [1.54, 1.807) is 4.90 Å². The minimum atomic E-state index is -0.145. The molecule has 1 aliphatic heterocycles. The van der Waals surface area contributed by atoms with Gasteiger partial charge in [0.15, 0.2) is 0 Å². The molecule has 0 aromatic rings. The molecule has 1 heterocycles. The van der Waals surface area contributed by atoms with Crippen molar-refractivity contribution in [2.45, 2.75) is 32.6 Å². The van der Waals surface area contributed by atoms with Gasteiger partial charge in [-0.3, -0.25) is 0 Å². The van der Waals surface area contributed by atoms with Crippen molar-refractivity contribution in [1.29, 1.82) is 0 Å². The smallest absolute Gasteiger partial charge is 0.409 e. The predicted octanol–water partition coefficient (Wildman–Crippen LogP) is 1.61. The Morgan fingerprint density at radius 2 is 2.00 bits per heavy atom. The highest BCUT2D eigenvalue weighted by atomic mass is 16.6. The molecule has 0 aromatic heterocycles.